The molecule has 0 fully saturated rings. The molecule has 0 bridgehead atoms. The van der Waals surface area contributed by atoms with Crippen LogP contribution in [0.2, 0.25) is 0 Å². The molecule has 2 heterocycles. The molecule has 250 valence electrons. The van der Waals surface area contributed by atoms with Crippen LogP contribution in [0.1, 0.15) is 37.6 Å². The van der Waals surface area contributed by atoms with Crippen LogP contribution < -0.4 is 10.6 Å². The minimum Gasteiger partial charge on any atom is -0.310 e. The van der Waals surface area contributed by atoms with Gasteiger partial charge in [0, 0.05) is 38.1 Å². The first-order valence-corrected chi connectivity index (χ1v) is 17.8. The maximum Gasteiger partial charge on any atom is 0.397 e. The highest BCUT2D eigenvalue weighted by Gasteiger charge is 2.24. The summed E-state index contributed by atoms with van der Waals surface area (Å²) in [5, 5.41) is 22.1. The van der Waals surface area contributed by atoms with Gasteiger partial charge in [-0.05, 0) is 37.9 Å². The minimum atomic E-state index is -4.56. The summed E-state index contributed by atoms with van der Waals surface area (Å²) in [5.74, 6) is 0.649. The van der Waals surface area contributed by atoms with Crippen molar-refractivity contribution in [2.24, 2.45) is 5.92 Å². The van der Waals surface area contributed by atoms with E-state index in [-0.39, 0.29) is 63.1 Å². The third-order valence-corrected chi connectivity index (χ3v) is 7.89. The Morgan fingerprint density at radius 3 is 1.93 bits per heavy atom. The number of rotatable bonds is 24. The summed E-state index contributed by atoms with van der Waals surface area (Å²) in [6.07, 6.45) is 6.87. The lowest BCUT2D eigenvalue weighted by Crippen LogP contribution is -2.42. The smallest absolute Gasteiger partial charge is 0.310 e. The Morgan fingerprint density at radius 1 is 0.932 bits per heavy atom. The van der Waals surface area contributed by atoms with Crippen molar-refractivity contribution in [3.05, 3.63) is 23.8 Å². The average molecular weight is 685 g/mol. The predicted octanol–water partition coefficient (Wildman–Crippen LogP) is -0.853. The number of nitrogens with one attached hydrogen (secondary N) is 2. The van der Waals surface area contributed by atoms with Crippen molar-refractivity contribution < 1.29 is 43.9 Å². The molecule has 44 heavy (non-hydrogen) atoms. The molecule has 0 aliphatic carbocycles. The number of aromatic nitrogens is 6. The van der Waals surface area contributed by atoms with Crippen LogP contribution >= 0.6 is 11.8 Å². The van der Waals surface area contributed by atoms with Crippen molar-refractivity contribution in [3.63, 3.8) is 0 Å². The number of Topliss-reactive ketones (excluding diaryl/α,β-unsaturated/α-hetero) is 2. The quantitative estimate of drug-likeness (QED) is 0.0776. The van der Waals surface area contributed by atoms with Gasteiger partial charge in [0.1, 0.15) is 11.6 Å². The number of hydrogen-bond acceptors (Lipinski definition) is 15. The van der Waals surface area contributed by atoms with Gasteiger partial charge in [-0.2, -0.15) is 28.6 Å². The monoisotopic (exact) mass is 684 g/mol. The first-order chi connectivity index (χ1) is 20.7. The Kier molecular flexibility index (Phi) is 16.0. The molecule has 4 N–H and O–H groups in total. The lowest BCUT2D eigenvalue weighted by molar-refractivity contribution is -0.121. The van der Waals surface area contributed by atoms with Crippen LogP contribution in [0.4, 0.5) is 0 Å². The number of ketones is 2. The molecule has 0 unspecified atom stereocenters. The predicted molar refractivity (Wildman–Crippen MR) is 159 cm³/mol. The molecule has 3 atom stereocenters. The summed E-state index contributed by atoms with van der Waals surface area (Å²) in [5.41, 5.74) is 1.01. The Bertz CT molecular complexity index is 1400. The fraction of sp³-hybridized carbons (Fsp3) is 0.739. The van der Waals surface area contributed by atoms with Crippen molar-refractivity contribution in [2.75, 3.05) is 38.8 Å². The van der Waals surface area contributed by atoms with E-state index in [2.05, 4.69) is 39.6 Å². The van der Waals surface area contributed by atoms with Gasteiger partial charge in [0.05, 0.1) is 49.8 Å². The van der Waals surface area contributed by atoms with Crippen LogP contribution in [-0.4, -0.2) is 118 Å². The summed E-state index contributed by atoms with van der Waals surface area (Å²) in [7, 11) is -7.46. The van der Waals surface area contributed by atoms with E-state index < -0.39 is 32.9 Å². The Labute approximate surface area is 260 Å². The normalized spacial score (nSPS) is 14.4. The second kappa shape index (κ2) is 18.6. The molecule has 0 aliphatic rings. The first kappa shape index (κ1) is 37.8. The first-order valence-electron chi connectivity index (χ1n) is 13.7. The van der Waals surface area contributed by atoms with E-state index >= 15 is 0 Å². The SMILES string of the molecule is CN[C@@H](Cc1cn(CCOS(=O)(=O)O)nn1)C(=O)C[C@@H](C)CN[C@@H](Cc1cn(CCOS(=O)(=O)O)nn1)C(=O)CCCSC. The van der Waals surface area contributed by atoms with E-state index in [0.29, 0.717) is 30.8 Å². The van der Waals surface area contributed by atoms with Crippen molar-refractivity contribution >= 4 is 44.1 Å². The van der Waals surface area contributed by atoms with Gasteiger partial charge in [-0.3, -0.25) is 18.7 Å². The highest BCUT2D eigenvalue weighted by Crippen LogP contribution is 2.11. The average Bonchev–Trinajstić information content (AvgIpc) is 3.57. The summed E-state index contributed by atoms with van der Waals surface area (Å²) >= 11 is 1.65. The summed E-state index contributed by atoms with van der Waals surface area (Å²) in [4.78, 5) is 26.1. The molecule has 0 aliphatic heterocycles. The molecule has 0 saturated heterocycles. The maximum atomic E-state index is 13.1. The Balaban J connectivity index is 1.92. The van der Waals surface area contributed by atoms with E-state index in [1.807, 2.05) is 13.2 Å². The van der Waals surface area contributed by atoms with E-state index in [4.69, 9.17) is 9.11 Å². The number of thioether (sulfide) groups is 1. The maximum absolute atomic E-state index is 13.1. The molecule has 2 aromatic heterocycles. The number of carbonyl (C=O) groups excluding carboxylic acids is 2. The number of hydrogen-bond donors (Lipinski definition) is 4. The Hall–Kier alpha value is -2.37. The van der Waals surface area contributed by atoms with Crippen LogP contribution in [0.5, 0.6) is 0 Å². The van der Waals surface area contributed by atoms with Crippen molar-refractivity contribution in [2.45, 2.75) is 64.2 Å². The number of carbonyl (C=O) groups is 2. The second-order valence-electron chi connectivity index (χ2n) is 9.99. The number of likely N-dealkylation sites (N-methyl/N-ethyl adjacent to an activating group) is 1. The molecule has 18 nitrogen and oxygen atoms in total. The second-order valence-corrected chi connectivity index (χ2v) is 13.2. The largest absolute Gasteiger partial charge is 0.397 e. The van der Waals surface area contributed by atoms with Gasteiger partial charge in [0.15, 0.2) is 0 Å². The van der Waals surface area contributed by atoms with Crippen molar-refractivity contribution in [3.8, 4) is 0 Å². The zero-order valence-electron chi connectivity index (χ0n) is 24.7. The summed E-state index contributed by atoms with van der Waals surface area (Å²) < 4.78 is 71.4. The molecular weight excluding hydrogens is 645 g/mol. The summed E-state index contributed by atoms with van der Waals surface area (Å²) in [6, 6.07) is -1.13. The zero-order valence-corrected chi connectivity index (χ0v) is 27.2. The van der Waals surface area contributed by atoms with Gasteiger partial charge < -0.3 is 10.6 Å². The highest BCUT2D eigenvalue weighted by atomic mass is 32.3. The van der Waals surface area contributed by atoms with Crippen LogP contribution in [0.3, 0.4) is 0 Å². The third-order valence-electron chi connectivity index (χ3n) is 6.26. The van der Waals surface area contributed by atoms with Crippen molar-refractivity contribution in [1.82, 2.24) is 40.6 Å². The molecule has 0 spiro atoms. The third kappa shape index (κ3) is 15.6. The van der Waals surface area contributed by atoms with E-state index in [1.54, 1.807) is 31.2 Å². The molecule has 0 amide bonds. The zero-order chi connectivity index (χ0) is 32.8. The topological polar surface area (TPSA) is 247 Å². The van der Waals surface area contributed by atoms with Gasteiger partial charge in [-0.1, -0.05) is 17.4 Å². The van der Waals surface area contributed by atoms with Gasteiger partial charge in [-0.25, -0.2) is 17.7 Å². The van der Waals surface area contributed by atoms with Gasteiger partial charge >= 0.3 is 20.8 Å². The number of nitrogens with zero attached hydrogens (tertiary/aromatic N) is 6. The summed E-state index contributed by atoms with van der Waals surface area (Å²) in [6.45, 7) is 1.67. The van der Waals surface area contributed by atoms with E-state index in [0.717, 1.165) is 5.75 Å². The van der Waals surface area contributed by atoms with Crippen LogP contribution in [0.15, 0.2) is 12.4 Å². The Morgan fingerprint density at radius 2 is 1.45 bits per heavy atom. The molecule has 0 radical (unpaired) electrons. The molecular formula is C23H40N8O10S3. The lowest BCUT2D eigenvalue weighted by Gasteiger charge is -2.21. The minimum absolute atomic E-state index is 0.00000876. The fourth-order valence-electron chi connectivity index (χ4n) is 4.12. The van der Waals surface area contributed by atoms with Crippen LogP contribution in [-0.2, 0) is 64.7 Å². The van der Waals surface area contributed by atoms with Crippen molar-refractivity contribution in [1.29, 1.82) is 0 Å². The van der Waals surface area contributed by atoms with Gasteiger partial charge in [0.25, 0.3) is 0 Å². The molecule has 0 saturated carbocycles. The van der Waals surface area contributed by atoms with E-state index in [9.17, 15) is 26.4 Å². The highest BCUT2D eigenvalue weighted by molar-refractivity contribution is 7.98. The standard InChI is InChI=1S/C23H40N8O10S3/c1-17(11-23(33)20(24-2)12-18-15-30(28-26-18)6-8-40-43(34,35)36)14-25-21(22(32)5-4-10-42-3)13-19-16-31(29-27-19)7-9-41-44(37,38)39/h15-17,20-21,24-25H,4-14H2,1-3H3,(H,34,35,36)(H,37,38,39)/t17-,20+,21+/m1/s1. The van der Waals surface area contributed by atoms with Crippen LogP contribution in [0.25, 0.3) is 0 Å². The van der Waals surface area contributed by atoms with Crippen LogP contribution in [0, 0.1) is 5.92 Å². The lowest BCUT2D eigenvalue weighted by atomic mass is 9.96. The van der Waals surface area contributed by atoms with Gasteiger partial charge in [0.2, 0.25) is 0 Å². The van der Waals surface area contributed by atoms with Gasteiger partial charge in [-0.15, -0.1) is 10.2 Å². The molecule has 0 aromatic carbocycles. The fourth-order valence-corrected chi connectivity index (χ4v) is 5.12. The molecule has 2 rings (SSSR count). The molecule has 21 heteroatoms. The molecule has 2 aromatic rings. The van der Waals surface area contributed by atoms with E-state index in [1.165, 1.54) is 9.36 Å².